The van der Waals surface area contributed by atoms with Gasteiger partial charge in [-0.05, 0) is 36.2 Å². The van der Waals surface area contributed by atoms with Crippen molar-refractivity contribution in [3.63, 3.8) is 0 Å². The molecule has 156 valence electrons. The predicted molar refractivity (Wildman–Crippen MR) is 108 cm³/mol. The van der Waals surface area contributed by atoms with E-state index in [0.29, 0.717) is 41.6 Å². The first-order valence-electron chi connectivity index (χ1n) is 9.51. The van der Waals surface area contributed by atoms with Crippen molar-refractivity contribution >= 4 is 29.1 Å². The summed E-state index contributed by atoms with van der Waals surface area (Å²) in [5, 5.41) is 5.11. The van der Waals surface area contributed by atoms with Crippen molar-refractivity contribution in [3.8, 4) is 17.2 Å². The van der Waals surface area contributed by atoms with Crippen molar-refractivity contribution in [1.82, 2.24) is 5.32 Å². The van der Waals surface area contributed by atoms with Crippen LogP contribution in [0.15, 0.2) is 36.4 Å². The number of carbonyl (C=O) groups excluding carboxylic acids is 3. The Labute approximate surface area is 172 Å². The van der Waals surface area contributed by atoms with Gasteiger partial charge in [-0.1, -0.05) is 6.07 Å². The molecule has 0 saturated carbocycles. The number of hydrogen-bond acceptors (Lipinski definition) is 6. The van der Waals surface area contributed by atoms with E-state index in [1.54, 1.807) is 41.3 Å². The van der Waals surface area contributed by atoms with Crippen LogP contribution in [0.25, 0.3) is 0 Å². The van der Waals surface area contributed by atoms with Gasteiger partial charge in [0.05, 0.1) is 12.8 Å². The van der Waals surface area contributed by atoms with Gasteiger partial charge in [0.2, 0.25) is 12.7 Å². The lowest BCUT2D eigenvalue weighted by Crippen LogP contribution is -2.35. The Morgan fingerprint density at radius 1 is 1.10 bits per heavy atom. The van der Waals surface area contributed by atoms with Gasteiger partial charge in [-0.25, -0.2) is 0 Å². The van der Waals surface area contributed by atoms with E-state index >= 15 is 0 Å². The molecule has 0 aromatic heterocycles. The number of nitrogens with zero attached hydrogens (tertiary/aromatic N) is 1. The van der Waals surface area contributed by atoms with E-state index < -0.39 is 11.8 Å². The van der Waals surface area contributed by atoms with E-state index in [0.717, 1.165) is 12.0 Å². The molecule has 9 heteroatoms. The molecule has 2 aromatic carbocycles. The van der Waals surface area contributed by atoms with Crippen molar-refractivity contribution in [2.45, 2.75) is 19.4 Å². The molecule has 2 N–H and O–H groups in total. The van der Waals surface area contributed by atoms with Crippen LogP contribution in [0.1, 0.15) is 18.4 Å². The molecular weight excluding hydrogens is 390 g/mol. The van der Waals surface area contributed by atoms with E-state index in [-0.39, 0.29) is 19.2 Å². The smallest absolute Gasteiger partial charge is 0.313 e. The van der Waals surface area contributed by atoms with Gasteiger partial charge < -0.3 is 29.7 Å². The SMILES string of the molecule is COc1cc(NC(=O)C(=O)NCc2ccc3c(c2)OCO3)ccc1N1CCCC1=O. The number of anilines is 2. The lowest BCUT2D eigenvalue weighted by Gasteiger charge is -2.19. The van der Waals surface area contributed by atoms with Crippen LogP contribution in [0.2, 0.25) is 0 Å². The number of hydrogen-bond donors (Lipinski definition) is 2. The standard InChI is InChI=1S/C21H21N3O6/c1-28-17-10-14(5-6-15(17)24-8-2-3-19(24)25)23-21(27)20(26)22-11-13-4-7-16-18(9-13)30-12-29-16/h4-7,9-10H,2-3,8,11-12H2,1H3,(H,22,26)(H,23,27). The largest absolute Gasteiger partial charge is 0.494 e. The highest BCUT2D eigenvalue weighted by Crippen LogP contribution is 2.34. The maximum atomic E-state index is 12.2. The summed E-state index contributed by atoms with van der Waals surface area (Å²) < 4.78 is 15.9. The molecular formula is C21H21N3O6. The zero-order valence-corrected chi connectivity index (χ0v) is 16.4. The first kappa shape index (κ1) is 19.6. The first-order chi connectivity index (χ1) is 14.5. The van der Waals surface area contributed by atoms with Gasteiger partial charge in [0, 0.05) is 31.3 Å². The minimum atomic E-state index is -0.803. The number of nitrogens with one attached hydrogen (secondary N) is 2. The molecule has 30 heavy (non-hydrogen) atoms. The van der Waals surface area contributed by atoms with Gasteiger partial charge >= 0.3 is 11.8 Å². The fourth-order valence-electron chi connectivity index (χ4n) is 3.38. The molecule has 0 radical (unpaired) electrons. The van der Waals surface area contributed by atoms with Gasteiger partial charge in [0.15, 0.2) is 11.5 Å². The molecule has 1 fully saturated rings. The van der Waals surface area contributed by atoms with Gasteiger partial charge in [-0.2, -0.15) is 0 Å². The van der Waals surface area contributed by atoms with Crippen LogP contribution in [0.3, 0.4) is 0 Å². The number of rotatable bonds is 5. The first-order valence-corrected chi connectivity index (χ1v) is 9.51. The maximum absolute atomic E-state index is 12.2. The Balaban J connectivity index is 1.37. The maximum Gasteiger partial charge on any atom is 0.313 e. The van der Waals surface area contributed by atoms with Crippen molar-refractivity contribution in [2.75, 3.05) is 30.7 Å². The molecule has 0 aliphatic carbocycles. The van der Waals surface area contributed by atoms with Crippen molar-refractivity contribution in [2.24, 2.45) is 0 Å². The molecule has 0 spiro atoms. The van der Waals surface area contributed by atoms with Crippen LogP contribution in [-0.2, 0) is 20.9 Å². The van der Waals surface area contributed by atoms with Crippen LogP contribution in [0, 0.1) is 0 Å². The zero-order chi connectivity index (χ0) is 21.1. The molecule has 0 unspecified atom stereocenters. The molecule has 4 rings (SSSR count). The fraction of sp³-hybridized carbons (Fsp3) is 0.286. The summed E-state index contributed by atoms with van der Waals surface area (Å²) in [4.78, 5) is 38.0. The van der Waals surface area contributed by atoms with Gasteiger partial charge in [0.25, 0.3) is 0 Å². The number of fused-ring (bicyclic) bond motifs is 1. The van der Waals surface area contributed by atoms with Crippen LogP contribution < -0.4 is 29.7 Å². The van der Waals surface area contributed by atoms with E-state index in [1.165, 1.54) is 7.11 Å². The van der Waals surface area contributed by atoms with E-state index in [9.17, 15) is 14.4 Å². The second-order valence-electron chi connectivity index (χ2n) is 6.86. The van der Waals surface area contributed by atoms with Crippen molar-refractivity contribution in [1.29, 1.82) is 0 Å². The predicted octanol–water partition coefficient (Wildman–Crippen LogP) is 1.81. The van der Waals surface area contributed by atoms with Crippen molar-refractivity contribution in [3.05, 3.63) is 42.0 Å². The molecule has 2 aliphatic rings. The van der Waals surface area contributed by atoms with E-state index in [1.807, 2.05) is 0 Å². The lowest BCUT2D eigenvalue weighted by molar-refractivity contribution is -0.136. The van der Waals surface area contributed by atoms with E-state index in [2.05, 4.69) is 10.6 Å². The number of carbonyl (C=O) groups is 3. The normalized spacial score (nSPS) is 14.6. The third kappa shape index (κ3) is 4.00. The minimum Gasteiger partial charge on any atom is -0.494 e. The summed E-state index contributed by atoms with van der Waals surface area (Å²) in [7, 11) is 1.49. The Morgan fingerprint density at radius 2 is 1.93 bits per heavy atom. The summed E-state index contributed by atoms with van der Waals surface area (Å²) in [6.07, 6.45) is 1.30. The van der Waals surface area contributed by atoms with Crippen molar-refractivity contribution < 1.29 is 28.6 Å². The summed E-state index contributed by atoms with van der Waals surface area (Å²) in [5.74, 6) is 0.163. The third-order valence-electron chi connectivity index (χ3n) is 4.90. The fourth-order valence-corrected chi connectivity index (χ4v) is 3.38. The van der Waals surface area contributed by atoms with Gasteiger partial charge in [0.1, 0.15) is 5.75 Å². The van der Waals surface area contributed by atoms with Crippen LogP contribution in [-0.4, -0.2) is 38.2 Å². The average molecular weight is 411 g/mol. The van der Waals surface area contributed by atoms with Crippen LogP contribution >= 0.6 is 0 Å². The summed E-state index contributed by atoms with van der Waals surface area (Å²) >= 11 is 0. The van der Waals surface area contributed by atoms with Crippen LogP contribution in [0.5, 0.6) is 17.2 Å². The quantitative estimate of drug-likeness (QED) is 0.727. The number of ether oxygens (including phenoxy) is 3. The molecule has 0 atom stereocenters. The molecule has 9 nitrogen and oxygen atoms in total. The van der Waals surface area contributed by atoms with Crippen LogP contribution in [0.4, 0.5) is 11.4 Å². The zero-order valence-electron chi connectivity index (χ0n) is 16.4. The number of amides is 3. The third-order valence-corrected chi connectivity index (χ3v) is 4.90. The molecule has 1 saturated heterocycles. The second kappa shape index (κ2) is 8.32. The monoisotopic (exact) mass is 411 g/mol. The molecule has 0 bridgehead atoms. The molecule has 3 amide bonds. The Morgan fingerprint density at radius 3 is 2.70 bits per heavy atom. The van der Waals surface area contributed by atoms with Gasteiger partial charge in [-0.15, -0.1) is 0 Å². The highest BCUT2D eigenvalue weighted by molar-refractivity contribution is 6.39. The average Bonchev–Trinajstić information content (AvgIpc) is 3.40. The molecule has 2 aromatic rings. The number of benzene rings is 2. The highest BCUT2D eigenvalue weighted by atomic mass is 16.7. The topological polar surface area (TPSA) is 106 Å². The van der Waals surface area contributed by atoms with E-state index in [4.69, 9.17) is 14.2 Å². The minimum absolute atomic E-state index is 0.0352. The Kier molecular flexibility index (Phi) is 5.42. The lowest BCUT2D eigenvalue weighted by atomic mass is 10.2. The number of methoxy groups -OCH3 is 1. The Hall–Kier alpha value is -3.75. The highest BCUT2D eigenvalue weighted by Gasteiger charge is 2.25. The summed E-state index contributed by atoms with van der Waals surface area (Å²) in [6, 6.07) is 10.2. The molecule has 2 aliphatic heterocycles. The summed E-state index contributed by atoms with van der Waals surface area (Å²) in [5.41, 5.74) is 1.82. The second-order valence-corrected chi connectivity index (χ2v) is 6.86. The molecule has 2 heterocycles. The summed E-state index contributed by atoms with van der Waals surface area (Å²) in [6.45, 7) is 0.965. The van der Waals surface area contributed by atoms with Gasteiger partial charge in [-0.3, -0.25) is 14.4 Å². The Bertz CT molecular complexity index is 1010.